The fourth-order valence-electron chi connectivity index (χ4n) is 3.20. The summed E-state index contributed by atoms with van der Waals surface area (Å²) in [7, 11) is 1.62. The molecule has 0 bridgehead atoms. The van der Waals surface area contributed by atoms with Crippen molar-refractivity contribution in [1.29, 1.82) is 0 Å². The number of nitrogens with zero attached hydrogens (tertiary/aromatic N) is 4. The largest absolute Gasteiger partial charge is 0.384 e. The molecule has 0 saturated carbocycles. The van der Waals surface area contributed by atoms with E-state index in [4.69, 9.17) is 9.72 Å². The third kappa shape index (κ3) is 3.19. The Morgan fingerprint density at radius 1 is 1.29 bits per heavy atom. The van der Waals surface area contributed by atoms with E-state index in [0.29, 0.717) is 26.1 Å². The summed E-state index contributed by atoms with van der Waals surface area (Å²) in [5, 5.41) is 4.65. The van der Waals surface area contributed by atoms with Crippen LogP contribution in [-0.2, 0) is 16.1 Å². The second-order valence-electron chi connectivity index (χ2n) is 6.40. The van der Waals surface area contributed by atoms with E-state index in [-0.39, 0.29) is 17.9 Å². The number of rotatable bonds is 5. The number of amides is 1. The predicted molar refractivity (Wildman–Crippen MR) is 91.2 cm³/mol. The summed E-state index contributed by atoms with van der Waals surface area (Å²) in [5.41, 5.74) is 0.999. The summed E-state index contributed by atoms with van der Waals surface area (Å²) in [6.07, 6.45) is 0.402. The van der Waals surface area contributed by atoms with Crippen LogP contribution in [0.15, 0.2) is 30.3 Å². The van der Waals surface area contributed by atoms with Crippen LogP contribution in [0.3, 0.4) is 0 Å². The Bertz CT molecular complexity index is 696. The van der Waals surface area contributed by atoms with Crippen LogP contribution >= 0.6 is 0 Å². The molecule has 0 unspecified atom stereocenters. The van der Waals surface area contributed by atoms with Gasteiger partial charge in [-0.05, 0) is 5.92 Å². The average molecular weight is 328 g/mol. The van der Waals surface area contributed by atoms with E-state index >= 15 is 0 Å². The molecule has 2 aromatic rings. The molecule has 0 fully saturated rings. The van der Waals surface area contributed by atoms with Gasteiger partial charge in [0.05, 0.1) is 25.6 Å². The van der Waals surface area contributed by atoms with Crippen LogP contribution < -0.4 is 0 Å². The van der Waals surface area contributed by atoms with Gasteiger partial charge in [0.15, 0.2) is 11.6 Å². The molecule has 1 aromatic carbocycles. The Hall–Kier alpha value is -2.21. The first-order chi connectivity index (χ1) is 11.6. The minimum atomic E-state index is -0.0481. The van der Waals surface area contributed by atoms with Crippen molar-refractivity contribution < 1.29 is 9.53 Å². The zero-order chi connectivity index (χ0) is 17.1. The third-order valence-electron chi connectivity index (χ3n) is 4.36. The highest BCUT2D eigenvalue weighted by Gasteiger charge is 2.35. The van der Waals surface area contributed by atoms with E-state index in [1.807, 2.05) is 39.9 Å². The quantitative estimate of drug-likeness (QED) is 0.846. The normalized spacial score (nSPS) is 17.2. The van der Waals surface area contributed by atoms with Gasteiger partial charge in [-0.25, -0.2) is 9.67 Å². The summed E-state index contributed by atoms with van der Waals surface area (Å²) in [6.45, 7) is 6.02. The maximum absolute atomic E-state index is 12.5. The molecule has 0 radical (unpaired) electrons. The number of carbonyl (C=O) groups excluding carboxylic acids is 1. The molecular formula is C18H24N4O2. The van der Waals surface area contributed by atoms with Gasteiger partial charge < -0.3 is 9.64 Å². The molecule has 0 N–H and O–H groups in total. The number of ether oxygens (including phenoxy) is 1. The van der Waals surface area contributed by atoms with Gasteiger partial charge in [-0.2, -0.15) is 5.10 Å². The Labute approximate surface area is 142 Å². The van der Waals surface area contributed by atoms with Gasteiger partial charge in [0, 0.05) is 19.2 Å². The van der Waals surface area contributed by atoms with Gasteiger partial charge in [0.2, 0.25) is 5.91 Å². The Balaban J connectivity index is 1.92. The van der Waals surface area contributed by atoms with Gasteiger partial charge in [-0.15, -0.1) is 0 Å². The van der Waals surface area contributed by atoms with Gasteiger partial charge in [-0.3, -0.25) is 4.79 Å². The molecule has 2 heterocycles. The minimum Gasteiger partial charge on any atom is -0.384 e. The molecule has 24 heavy (non-hydrogen) atoms. The number of aromatic nitrogens is 3. The monoisotopic (exact) mass is 328 g/mol. The molecular weight excluding hydrogens is 304 g/mol. The molecule has 3 rings (SSSR count). The second-order valence-corrected chi connectivity index (χ2v) is 6.40. The Kier molecular flexibility index (Phi) is 4.94. The van der Waals surface area contributed by atoms with Crippen molar-refractivity contribution >= 4 is 5.91 Å². The smallest absolute Gasteiger partial charge is 0.225 e. The molecule has 6 nitrogen and oxygen atoms in total. The standard InChI is InChI=1S/C18H24N4O2/c1-13(2)16-18-19-17(14-7-5-4-6-8-14)20-22(18)11-10-21(16)15(23)9-12-24-3/h4-8,13,16H,9-12H2,1-3H3/t16-/m0/s1. The Morgan fingerprint density at radius 2 is 2.04 bits per heavy atom. The minimum absolute atomic E-state index is 0.0481. The zero-order valence-corrected chi connectivity index (χ0v) is 14.5. The molecule has 6 heteroatoms. The lowest BCUT2D eigenvalue weighted by atomic mass is 9.99. The van der Waals surface area contributed by atoms with Crippen LogP contribution in [0.2, 0.25) is 0 Å². The van der Waals surface area contributed by atoms with Crippen LogP contribution in [0.4, 0.5) is 0 Å². The highest BCUT2D eigenvalue weighted by molar-refractivity contribution is 5.77. The number of fused-ring (bicyclic) bond motifs is 1. The molecule has 1 aromatic heterocycles. The van der Waals surface area contributed by atoms with Crippen molar-refractivity contribution in [2.75, 3.05) is 20.3 Å². The fraction of sp³-hybridized carbons (Fsp3) is 0.500. The number of hydrogen-bond acceptors (Lipinski definition) is 4. The summed E-state index contributed by atoms with van der Waals surface area (Å²) in [5.74, 6) is 1.98. The summed E-state index contributed by atoms with van der Waals surface area (Å²) in [4.78, 5) is 19.2. The van der Waals surface area contributed by atoms with E-state index < -0.39 is 0 Å². The number of carbonyl (C=O) groups is 1. The van der Waals surface area contributed by atoms with E-state index in [9.17, 15) is 4.79 Å². The second kappa shape index (κ2) is 7.13. The topological polar surface area (TPSA) is 60.2 Å². The first-order valence-electron chi connectivity index (χ1n) is 8.40. The highest BCUT2D eigenvalue weighted by atomic mass is 16.5. The van der Waals surface area contributed by atoms with Crippen LogP contribution in [0.25, 0.3) is 11.4 Å². The van der Waals surface area contributed by atoms with Gasteiger partial charge in [-0.1, -0.05) is 44.2 Å². The molecule has 1 atom stereocenters. The molecule has 0 aliphatic carbocycles. The number of methoxy groups -OCH3 is 1. The van der Waals surface area contributed by atoms with E-state index in [2.05, 4.69) is 18.9 Å². The van der Waals surface area contributed by atoms with Crippen molar-refractivity contribution in [2.24, 2.45) is 5.92 Å². The van der Waals surface area contributed by atoms with Crippen LogP contribution in [0, 0.1) is 5.92 Å². The van der Waals surface area contributed by atoms with Crippen molar-refractivity contribution in [3.05, 3.63) is 36.2 Å². The zero-order valence-electron chi connectivity index (χ0n) is 14.5. The molecule has 1 aliphatic heterocycles. The summed E-state index contributed by atoms with van der Waals surface area (Å²) < 4.78 is 7.00. The maximum Gasteiger partial charge on any atom is 0.225 e. The van der Waals surface area contributed by atoms with E-state index in [1.165, 1.54) is 0 Å². The molecule has 0 spiro atoms. The number of benzene rings is 1. The lowest BCUT2D eigenvalue weighted by molar-refractivity contribution is -0.137. The van der Waals surface area contributed by atoms with Crippen LogP contribution in [0.5, 0.6) is 0 Å². The summed E-state index contributed by atoms with van der Waals surface area (Å²) >= 11 is 0. The molecule has 1 aliphatic rings. The first-order valence-corrected chi connectivity index (χ1v) is 8.40. The van der Waals surface area contributed by atoms with Crippen molar-refractivity contribution in [3.63, 3.8) is 0 Å². The highest BCUT2D eigenvalue weighted by Crippen LogP contribution is 2.32. The molecule has 128 valence electrons. The maximum atomic E-state index is 12.5. The van der Waals surface area contributed by atoms with E-state index in [0.717, 1.165) is 17.2 Å². The summed E-state index contributed by atoms with van der Waals surface area (Å²) in [6, 6.07) is 9.91. The lowest BCUT2D eigenvalue weighted by Crippen LogP contribution is -2.44. The van der Waals surface area contributed by atoms with Crippen molar-refractivity contribution in [3.8, 4) is 11.4 Å². The molecule has 0 saturated heterocycles. The molecule has 1 amide bonds. The first kappa shape index (κ1) is 16.6. The van der Waals surface area contributed by atoms with Gasteiger partial charge in [0.25, 0.3) is 0 Å². The predicted octanol–water partition coefficient (Wildman–Crippen LogP) is 2.52. The number of hydrogen-bond donors (Lipinski definition) is 0. The van der Waals surface area contributed by atoms with Crippen molar-refractivity contribution in [2.45, 2.75) is 32.9 Å². The third-order valence-corrected chi connectivity index (χ3v) is 4.36. The van der Waals surface area contributed by atoms with Gasteiger partial charge >= 0.3 is 0 Å². The van der Waals surface area contributed by atoms with Crippen molar-refractivity contribution in [1.82, 2.24) is 19.7 Å². The van der Waals surface area contributed by atoms with Crippen LogP contribution in [0.1, 0.15) is 32.1 Å². The van der Waals surface area contributed by atoms with Crippen LogP contribution in [-0.4, -0.2) is 45.8 Å². The SMILES string of the molecule is COCCC(=O)N1CCn2nc(-c3ccccc3)nc2[C@@H]1C(C)C. The van der Waals surface area contributed by atoms with Gasteiger partial charge in [0.1, 0.15) is 0 Å². The lowest BCUT2D eigenvalue weighted by Gasteiger charge is -2.37. The Morgan fingerprint density at radius 3 is 2.71 bits per heavy atom. The fourth-order valence-corrected chi connectivity index (χ4v) is 3.20. The van der Waals surface area contributed by atoms with E-state index in [1.54, 1.807) is 7.11 Å². The average Bonchev–Trinajstić information content (AvgIpc) is 3.03.